The zero-order chi connectivity index (χ0) is 28.8. The van der Waals surface area contributed by atoms with Gasteiger partial charge in [-0.3, -0.25) is 9.97 Å². The SMILES string of the molecule is C=C(CCCC)N1CCN(C(=C)c2ccc3c(Cl)c4c(nc3c2)CC(c2ccc(F)cn2)CC4)C(C)C1.CSC. The molecule has 1 saturated heterocycles. The monoisotopic (exact) mass is 580 g/mol. The Kier molecular flexibility index (Phi) is 10.5. The van der Waals surface area contributed by atoms with Gasteiger partial charge in [-0.15, -0.1) is 0 Å². The molecule has 7 heteroatoms. The first-order valence-electron chi connectivity index (χ1n) is 14.3. The molecule has 2 unspecified atom stereocenters. The summed E-state index contributed by atoms with van der Waals surface area (Å²) in [7, 11) is 0. The van der Waals surface area contributed by atoms with Gasteiger partial charge >= 0.3 is 0 Å². The highest BCUT2D eigenvalue weighted by Crippen LogP contribution is 2.38. The van der Waals surface area contributed by atoms with Crippen molar-refractivity contribution in [2.75, 3.05) is 32.1 Å². The van der Waals surface area contributed by atoms with Crippen LogP contribution in [0.4, 0.5) is 4.39 Å². The Balaban J connectivity index is 0.00000118. The summed E-state index contributed by atoms with van der Waals surface area (Å²) in [5, 5.41) is 1.79. The third-order valence-electron chi connectivity index (χ3n) is 8.03. The van der Waals surface area contributed by atoms with Gasteiger partial charge in [-0.2, -0.15) is 11.8 Å². The van der Waals surface area contributed by atoms with E-state index in [0.717, 1.165) is 89.5 Å². The maximum absolute atomic E-state index is 13.4. The first-order chi connectivity index (χ1) is 19.3. The minimum absolute atomic E-state index is 0.219. The van der Waals surface area contributed by atoms with Crippen molar-refractivity contribution in [1.82, 2.24) is 19.8 Å². The van der Waals surface area contributed by atoms with Crippen molar-refractivity contribution in [3.8, 4) is 0 Å². The molecule has 1 aliphatic heterocycles. The Hall–Kier alpha value is -2.57. The molecule has 0 radical (unpaired) electrons. The van der Waals surface area contributed by atoms with Crippen LogP contribution in [0, 0.1) is 5.82 Å². The highest BCUT2D eigenvalue weighted by molar-refractivity contribution is 7.97. The second-order valence-corrected chi connectivity index (χ2v) is 12.1. The van der Waals surface area contributed by atoms with Gasteiger partial charge in [0, 0.05) is 59.8 Å². The fourth-order valence-electron chi connectivity index (χ4n) is 5.80. The van der Waals surface area contributed by atoms with Crippen molar-refractivity contribution in [2.24, 2.45) is 0 Å². The number of benzene rings is 1. The van der Waals surface area contributed by atoms with E-state index in [1.807, 2.05) is 12.5 Å². The van der Waals surface area contributed by atoms with E-state index in [0.29, 0.717) is 6.04 Å². The molecule has 0 spiro atoms. The van der Waals surface area contributed by atoms with Crippen LogP contribution in [0.15, 0.2) is 55.4 Å². The van der Waals surface area contributed by atoms with E-state index >= 15 is 0 Å². The molecule has 0 amide bonds. The lowest BCUT2D eigenvalue weighted by Crippen LogP contribution is -2.50. The lowest BCUT2D eigenvalue weighted by Gasteiger charge is -2.44. The maximum atomic E-state index is 13.4. The number of hydrogen-bond donors (Lipinski definition) is 0. The number of thioether (sulfide) groups is 1. The molecule has 1 aliphatic carbocycles. The fraction of sp³-hybridized carbons (Fsp3) is 0.455. The first kappa shape index (κ1) is 30.4. The number of halogens is 2. The van der Waals surface area contributed by atoms with Gasteiger partial charge in [0.25, 0.3) is 0 Å². The number of rotatable bonds is 7. The summed E-state index contributed by atoms with van der Waals surface area (Å²) in [5.74, 6) is -0.0893. The van der Waals surface area contributed by atoms with E-state index in [2.05, 4.69) is 60.0 Å². The molecule has 2 atom stereocenters. The average Bonchev–Trinajstić information content (AvgIpc) is 2.96. The van der Waals surface area contributed by atoms with Crippen LogP contribution in [0.5, 0.6) is 0 Å². The van der Waals surface area contributed by atoms with Gasteiger partial charge in [0.15, 0.2) is 0 Å². The quantitative estimate of drug-likeness (QED) is 0.280. The highest BCUT2D eigenvalue weighted by Gasteiger charge is 2.27. The molecule has 3 heterocycles. The number of hydrogen-bond acceptors (Lipinski definition) is 5. The van der Waals surface area contributed by atoms with Gasteiger partial charge in [-0.05, 0) is 80.9 Å². The van der Waals surface area contributed by atoms with Gasteiger partial charge in [0.2, 0.25) is 0 Å². The molecule has 1 aromatic carbocycles. The number of allylic oxidation sites excluding steroid dienone is 1. The Labute approximate surface area is 248 Å². The lowest BCUT2D eigenvalue weighted by molar-refractivity contribution is 0.155. The van der Waals surface area contributed by atoms with Crippen molar-refractivity contribution >= 4 is 40.0 Å². The molecule has 214 valence electrons. The summed E-state index contributed by atoms with van der Waals surface area (Å²) in [6, 6.07) is 9.96. The van der Waals surface area contributed by atoms with Crippen molar-refractivity contribution in [2.45, 2.75) is 64.3 Å². The fourth-order valence-corrected chi connectivity index (χ4v) is 6.16. The minimum Gasteiger partial charge on any atom is -0.371 e. The number of fused-ring (bicyclic) bond motifs is 2. The van der Waals surface area contributed by atoms with Crippen LogP contribution in [0.2, 0.25) is 5.02 Å². The minimum atomic E-state index is -0.308. The molecular formula is C33H42ClFN4S. The molecule has 0 N–H and O–H groups in total. The Morgan fingerprint density at radius 3 is 2.62 bits per heavy atom. The normalized spacial score (nSPS) is 18.6. The number of nitrogens with zero attached hydrogens (tertiary/aromatic N) is 4. The Morgan fingerprint density at radius 1 is 1.18 bits per heavy atom. The molecule has 2 aliphatic rings. The van der Waals surface area contributed by atoms with Gasteiger partial charge in [-0.25, -0.2) is 4.39 Å². The van der Waals surface area contributed by atoms with Crippen molar-refractivity contribution in [3.05, 3.63) is 88.7 Å². The summed E-state index contributed by atoms with van der Waals surface area (Å²) in [5.41, 5.74) is 7.32. The number of piperazine rings is 1. The second-order valence-electron chi connectivity index (χ2n) is 10.9. The zero-order valence-electron chi connectivity index (χ0n) is 24.4. The van der Waals surface area contributed by atoms with Gasteiger partial charge in [-0.1, -0.05) is 50.2 Å². The molecule has 4 nitrogen and oxygen atoms in total. The van der Waals surface area contributed by atoms with Crippen LogP contribution in [-0.4, -0.2) is 58.0 Å². The van der Waals surface area contributed by atoms with Crippen molar-refractivity contribution in [3.63, 3.8) is 0 Å². The standard InChI is InChI=1S/C31H36ClFN4.C2H6S/c1-5-6-7-20(2)36-14-15-37(21(3)19-36)22(4)23-8-11-26-29(16-23)35-30-17-24(9-12-27(30)31(26)32)28-13-10-25(33)18-34-28;1-3-2/h8,10-11,13,16,18,21,24H,2,4-7,9,12,14-15,17,19H2,1,3H3;1-2H3. The number of aromatic nitrogens is 2. The molecule has 2 aromatic heterocycles. The summed E-state index contributed by atoms with van der Waals surface area (Å²) < 4.78 is 13.4. The lowest BCUT2D eigenvalue weighted by atomic mass is 9.84. The van der Waals surface area contributed by atoms with Gasteiger partial charge in [0.1, 0.15) is 5.82 Å². The van der Waals surface area contributed by atoms with Crippen LogP contribution in [0.1, 0.15) is 68.0 Å². The highest BCUT2D eigenvalue weighted by atomic mass is 35.5. The molecule has 5 rings (SSSR count). The summed E-state index contributed by atoms with van der Waals surface area (Å²) in [6.45, 7) is 16.2. The van der Waals surface area contributed by atoms with Crippen LogP contribution in [-0.2, 0) is 12.8 Å². The van der Waals surface area contributed by atoms with E-state index in [1.165, 1.54) is 30.8 Å². The zero-order valence-corrected chi connectivity index (χ0v) is 25.9. The first-order valence-corrected chi connectivity index (χ1v) is 16.3. The van der Waals surface area contributed by atoms with Crippen LogP contribution in [0.25, 0.3) is 16.6 Å². The van der Waals surface area contributed by atoms with E-state index in [-0.39, 0.29) is 11.7 Å². The predicted molar refractivity (Wildman–Crippen MR) is 171 cm³/mol. The van der Waals surface area contributed by atoms with Crippen molar-refractivity contribution in [1.29, 1.82) is 0 Å². The van der Waals surface area contributed by atoms with Crippen LogP contribution >= 0.6 is 23.4 Å². The summed E-state index contributed by atoms with van der Waals surface area (Å²) in [6.07, 6.45) is 11.4. The number of unbranched alkanes of at least 4 members (excludes halogenated alkanes) is 1. The van der Waals surface area contributed by atoms with E-state index in [9.17, 15) is 4.39 Å². The molecule has 3 aromatic rings. The van der Waals surface area contributed by atoms with E-state index < -0.39 is 0 Å². The predicted octanol–water partition coefficient (Wildman–Crippen LogP) is 8.35. The Bertz CT molecular complexity index is 1340. The van der Waals surface area contributed by atoms with Gasteiger partial charge in [0.05, 0.1) is 16.7 Å². The summed E-state index contributed by atoms with van der Waals surface area (Å²) in [4.78, 5) is 14.2. The molecule has 0 saturated carbocycles. The van der Waals surface area contributed by atoms with E-state index in [4.69, 9.17) is 16.6 Å². The third kappa shape index (κ3) is 6.83. The van der Waals surface area contributed by atoms with E-state index in [1.54, 1.807) is 17.8 Å². The average molecular weight is 581 g/mol. The Morgan fingerprint density at radius 2 is 1.95 bits per heavy atom. The molecule has 1 fully saturated rings. The third-order valence-corrected chi connectivity index (χ3v) is 8.46. The topological polar surface area (TPSA) is 32.3 Å². The summed E-state index contributed by atoms with van der Waals surface area (Å²) >= 11 is 8.66. The van der Waals surface area contributed by atoms with Crippen LogP contribution in [0.3, 0.4) is 0 Å². The largest absolute Gasteiger partial charge is 0.371 e. The second kappa shape index (κ2) is 13.9. The smallest absolute Gasteiger partial charge is 0.141 e. The van der Waals surface area contributed by atoms with Crippen molar-refractivity contribution < 1.29 is 4.39 Å². The molecule has 0 bridgehead atoms. The molecule has 40 heavy (non-hydrogen) atoms. The van der Waals surface area contributed by atoms with Gasteiger partial charge < -0.3 is 9.80 Å². The maximum Gasteiger partial charge on any atom is 0.141 e. The number of pyridine rings is 2. The molecular weight excluding hydrogens is 539 g/mol. The van der Waals surface area contributed by atoms with Crippen LogP contribution < -0.4 is 0 Å².